The average Bonchev–Trinajstić information content (AvgIpc) is 2.89. The van der Waals surface area contributed by atoms with Crippen molar-refractivity contribution in [1.82, 2.24) is 5.32 Å². The normalized spacial score (nSPS) is 16.7. The van der Waals surface area contributed by atoms with Crippen LogP contribution in [-0.4, -0.2) is 0 Å². The summed E-state index contributed by atoms with van der Waals surface area (Å²) < 4.78 is 14.0. The lowest BCUT2D eigenvalue weighted by atomic mass is 10.1. The number of halogens is 1. The summed E-state index contributed by atoms with van der Waals surface area (Å²) in [6, 6.07) is 15.5. The summed E-state index contributed by atoms with van der Waals surface area (Å²) in [4.78, 5) is 0. The van der Waals surface area contributed by atoms with Crippen LogP contribution in [0.2, 0.25) is 0 Å². The number of fused-ring (bicyclic) bond motifs is 1. The summed E-state index contributed by atoms with van der Waals surface area (Å²) in [7, 11) is 0. The highest BCUT2D eigenvalue weighted by atomic mass is 19.1. The molecule has 2 aromatic rings. The largest absolute Gasteiger partial charge is 0.306 e. The molecule has 1 aliphatic carbocycles. The molecule has 3 heteroatoms. The molecule has 0 saturated heterocycles. The molecule has 0 fully saturated rings. The molecule has 100 valence electrons. The Morgan fingerprint density at radius 1 is 1.20 bits per heavy atom. The Morgan fingerprint density at radius 2 is 2.05 bits per heavy atom. The molecular formula is C17H15FN2. The second-order valence-corrected chi connectivity index (χ2v) is 5.06. The minimum atomic E-state index is -0.409. The van der Waals surface area contributed by atoms with Crippen LogP contribution < -0.4 is 5.32 Å². The lowest BCUT2D eigenvalue weighted by Crippen LogP contribution is -2.19. The summed E-state index contributed by atoms with van der Waals surface area (Å²) in [5, 5.41) is 12.2. The molecule has 1 aliphatic rings. The van der Waals surface area contributed by atoms with Gasteiger partial charge in [0.2, 0.25) is 0 Å². The van der Waals surface area contributed by atoms with Crippen molar-refractivity contribution in [3.63, 3.8) is 0 Å². The van der Waals surface area contributed by atoms with Crippen molar-refractivity contribution in [1.29, 1.82) is 5.26 Å². The maximum Gasteiger partial charge on any atom is 0.145 e. The van der Waals surface area contributed by atoms with Crippen LogP contribution in [0.25, 0.3) is 0 Å². The van der Waals surface area contributed by atoms with Gasteiger partial charge in [-0.2, -0.15) is 5.26 Å². The number of aryl methyl sites for hydroxylation is 1. The molecule has 20 heavy (non-hydrogen) atoms. The first kappa shape index (κ1) is 12.8. The molecule has 0 aliphatic heterocycles. The molecule has 0 amide bonds. The number of hydrogen-bond donors (Lipinski definition) is 1. The first-order valence-electron chi connectivity index (χ1n) is 6.78. The van der Waals surface area contributed by atoms with Crippen molar-refractivity contribution in [2.45, 2.75) is 25.4 Å². The molecule has 2 aromatic carbocycles. The number of nitrogens with zero attached hydrogens (tertiary/aromatic N) is 1. The van der Waals surface area contributed by atoms with Crippen molar-refractivity contribution in [2.75, 3.05) is 0 Å². The third-order valence-electron chi connectivity index (χ3n) is 3.87. The van der Waals surface area contributed by atoms with E-state index in [0.717, 1.165) is 12.8 Å². The molecule has 1 N–H and O–H groups in total. The minimum absolute atomic E-state index is 0.108. The van der Waals surface area contributed by atoms with Crippen LogP contribution in [0.5, 0.6) is 0 Å². The van der Waals surface area contributed by atoms with Crippen molar-refractivity contribution in [3.8, 4) is 6.07 Å². The van der Waals surface area contributed by atoms with Gasteiger partial charge in [-0.15, -0.1) is 0 Å². The minimum Gasteiger partial charge on any atom is -0.306 e. The van der Waals surface area contributed by atoms with Crippen molar-refractivity contribution >= 4 is 0 Å². The van der Waals surface area contributed by atoms with Gasteiger partial charge in [0.15, 0.2) is 0 Å². The van der Waals surface area contributed by atoms with Gasteiger partial charge in [-0.1, -0.05) is 36.4 Å². The second-order valence-electron chi connectivity index (χ2n) is 5.06. The molecule has 1 atom stereocenters. The van der Waals surface area contributed by atoms with Gasteiger partial charge in [0.1, 0.15) is 11.9 Å². The lowest BCUT2D eigenvalue weighted by molar-refractivity contribution is 0.512. The van der Waals surface area contributed by atoms with E-state index in [4.69, 9.17) is 5.26 Å². The SMILES string of the molecule is N#Cc1cccc(CNC2CCc3ccccc32)c1F. The van der Waals surface area contributed by atoms with Crippen LogP contribution in [0.15, 0.2) is 42.5 Å². The van der Waals surface area contributed by atoms with Crippen LogP contribution in [0.4, 0.5) is 4.39 Å². The molecular weight excluding hydrogens is 251 g/mol. The zero-order valence-corrected chi connectivity index (χ0v) is 11.1. The van der Waals surface area contributed by atoms with Crippen LogP contribution in [0.3, 0.4) is 0 Å². The van der Waals surface area contributed by atoms with Gasteiger partial charge in [-0.05, 0) is 30.0 Å². The van der Waals surface area contributed by atoms with Gasteiger partial charge in [0.05, 0.1) is 5.56 Å². The van der Waals surface area contributed by atoms with Crippen LogP contribution >= 0.6 is 0 Å². The fraction of sp³-hybridized carbons (Fsp3) is 0.235. The van der Waals surface area contributed by atoms with Gasteiger partial charge in [0, 0.05) is 18.2 Å². The van der Waals surface area contributed by atoms with E-state index in [-0.39, 0.29) is 11.6 Å². The fourth-order valence-electron chi connectivity index (χ4n) is 2.81. The summed E-state index contributed by atoms with van der Waals surface area (Å²) >= 11 is 0. The summed E-state index contributed by atoms with van der Waals surface area (Å²) in [6.07, 6.45) is 2.10. The second kappa shape index (κ2) is 5.44. The van der Waals surface area contributed by atoms with Crippen molar-refractivity contribution in [2.24, 2.45) is 0 Å². The van der Waals surface area contributed by atoms with E-state index >= 15 is 0 Å². The smallest absolute Gasteiger partial charge is 0.145 e. The lowest BCUT2D eigenvalue weighted by Gasteiger charge is -2.14. The molecule has 0 saturated carbocycles. The third-order valence-corrected chi connectivity index (χ3v) is 3.87. The predicted octanol–water partition coefficient (Wildman–Crippen LogP) is 3.47. The Hall–Kier alpha value is -2.18. The van der Waals surface area contributed by atoms with Crippen LogP contribution in [0.1, 0.15) is 34.7 Å². The Kier molecular flexibility index (Phi) is 3.49. The van der Waals surface area contributed by atoms with Gasteiger partial charge >= 0.3 is 0 Å². The van der Waals surface area contributed by atoms with Crippen molar-refractivity contribution < 1.29 is 4.39 Å². The Balaban J connectivity index is 1.74. The summed E-state index contributed by atoms with van der Waals surface area (Å²) in [6.45, 7) is 0.445. The number of rotatable bonds is 3. The molecule has 1 unspecified atom stereocenters. The molecule has 0 bridgehead atoms. The highest BCUT2D eigenvalue weighted by Gasteiger charge is 2.21. The highest BCUT2D eigenvalue weighted by molar-refractivity contribution is 5.36. The van der Waals surface area contributed by atoms with E-state index in [1.807, 2.05) is 12.1 Å². The van der Waals surface area contributed by atoms with E-state index in [1.54, 1.807) is 12.1 Å². The molecule has 0 aromatic heterocycles. The zero-order valence-electron chi connectivity index (χ0n) is 11.1. The van der Waals surface area contributed by atoms with E-state index in [9.17, 15) is 4.39 Å². The molecule has 2 nitrogen and oxygen atoms in total. The van der Waals surface area contributed by atoms with Crippen molar-refractivity contribution in [3.05, 3.63) is 70.5 Å². The van der Waals surface area contributed by atoms with Crippen LogP contribution in [0, 0.1) is 17.1 Å². The van der Waals surface area contributed by atoms with Crippen LogP contribution in [-0.2, 0) is 13.0 Å². The van der Waals surface area contributed by atoms with E-state index in [2.05, 4.69) is 23.5 Å². The number of nitriles is 1. The highest BCUT2D eigenvalue weighted by Crippen LogP contribution is 2.31. The van der Waals surface area contributed by atoms with Gasteiger partial charge in [-0.3, -0.25) is 0 Å². The fourth-order valence-corrected chi connectivity index (χ4v) is 2.81. The molecule has 0 radical (unpaired) electrons. The molecule has 3 rings (SSSR count). The summed E-state index contributed by atoms with van der Waals surface area (Å²) in [5.74, 6) is -0.409. The summed E-state index contributed by atoms with van der Waals surface area (Å²) in [5.41, 5.74) is 3.34. The Bertz CT molecular complexity index is 673. The predicted molar refractivity (Wildman–Crippen MR) is 75.5 cm³/mol. The standard InChI is InChI=1S/C17H15FN2/c18-17-13(10-19)5-3-6-14(17)11-20-16-9-8-12-4-1-2-7-15(12)16/h1-7,16,20H,8-9,11H2. The first-order valence-corrected chi connectivity index (χ1v) is 6.78. The molecule has 0 spiro atoms. The molecule has 0 heterocycles. The monoisotopic (exact) mass is 266 g/mol. The van der Waals surface area contributed by atoms with E-state index in [1.165, 1.54) is 17.2 Å². The van der Waals surface area contributed by atoms with Gasteiger partial charge in [0.25, 0.3) is 0 Å². The Labute approximate surface area is 117 Å². The van der Waals surface area contributed by atoms with Gasteiger partial charge in [-0.25, -0.2) is 4.39 Å². The van der Waals surface area contributed by atoms with E-state index < -0.39 is 5.82 Å². The maximum absolute atomic E-state index is 14.0. The third kappa shape index (κ3) is 2.31. The zero-order chi connectivity index (χ0) is 13.9. The first-order chi connectivity index (χ1) is 9.79. The maximum atomic E-state index is 14.0. The average molecular weight is 266 g/mol. The number of benzene rings is 2. The van der Waals surface area contributed by atoms with E-state index in [0.29, 0.717) is 12.1 Å². The topological polar surface area (TPSA) is 35.8 Å². The number of nitrogens with one attached hydrogen (secondary N) is 1. The Morgan fingerprint density at radius 3 is 2.90 bits per heavy atom. The quantitative estimate of drug-likeness (QED) is 0.923. The van der Waals surface area contributed by atoms with Gasteiger partial charge < -0.3 is 5.32 Å². The number of hydrogen-bond acceptors (Lipinski definition) is 2.